The second kappa shape index (κ2) is 6.61. The van der Waals surface area contributed by atoms with Crippen LogP contribution in [0.4, 0.5) is 0 Å². The molecule has 1 fully saturated rings. The van der Waals surface area contributed by atoms with E-state index in [4.69, 9.17) is 14.6 Å². The van der Waals surface area contributed by atoms with Crippen molar-refractivity contribution in [2.45, 2.75) is 18.8 Å². The second-order valence-electron chi connectivity index (χ2n) is 6.36. The van der Waals surface area contributed by atoms with Gasteiger partial charge in [0.2, 0.25) is 4.96 Å². The third-order valence-corrected chi connectivity index (χ3v) is 5.55. The molecule has 0 radical (unpaired) electrons. The van der Waals surface area contributed by atoms with Crippen LogP contribution >= 0.6 is 11.3 Å². The largest absolute Gasteiger partial charge is 0.497 e. The molecule has 2 aromatic heterocycles. The first kappa shape index (κ1) is 16.3. The van der Waals surface area contributed by atoms with Crippen molar-refractivity contribution in [3.63, 3.8) is 0 Å². The fourth-order valence-corrected chi connectivity index (χ4v) is 4.14. The van der Waals surface area contributed by atoms with Gasteiger partial charge in [-0.2, -0.15) is 9.61 Å². The zero-order chi connectivity index (χ0) is 17.4. The molecule has 0 bridgehead atoms. The van der Waals surface area contributed by atoms with Crippen molar-refractivity contribution < 1.29 is 9.47 Å². The Balaban J connectivity index is 1.73. The number of likely N-dealkylation sites (N-methyl/N-ethyl adjacent to an activating group) is 1. The van der Waals surface area contributed by atoms with Gasteiger partial charge in [-0.25, -0.2) is 0 Å². The van der Waals surface area contributed by atoms with Crippen molar-refractivity contribution in [2.75, 3.05) is 34.4 Å². The topological polar surface area (TPSA) is 64.8 Å². The van der Waals surface area contributed by atoms with Crippen LogP contribution in [0, 0.1) is 0 Å². The fourth-order valence-electron chi connectivity index (χ4n) is 3.31. The van der Waals surface area contributed by atoms with Crippen molar-refractivity contribution in [2.24, 2.45) is 0 Å². The number of benzene rings is 1. The first-order valence-electron chi connectivity index (χ1n) is 8.32. The Morgan fingerprint density at radius 1 is 1.12 bits per heavy atom. The maximum atomic E-state index is 5.36. The Morgan fingerprint density at radius 2 is 1.88 bits per heavy atom. The molecule has 0 aliphatic carbocycles. The lowest BCUT2D eigenvalue weighted by atomic mass is 9.98. The summed E-state index contributed by atoms with van der Waals surface area (Å²) in [6.45, 7) is 2.14. The highest BCUT2D eigenvalue weighted by Crippen LogP contribution is 2.33. The van der Waals surface area contributed by atoms with E-state index in [0.717, 1.165) is 52.4 Å². The Morgan fingerprint density at radius 3 is 2.56 bits per heavy atom. The molecule has 3 aromatic rings. The average Bonchev–Trinajstić information content (AvgIpc) is 3.21. The van der Waals surface area contributed by atoms with Gasteiger partial charge in [-0.05, 0) is 38.6 Å². The summed E-state index contributed by atoms with van der Waals surface area (Å²) >= 11 is 1.53. The molecule has 25 heavy (non-hydrogen) atoms. The van der Waals surface area contributed by atoms with Crippen molar-refractivity contribution in [3.8, 4) is 22.1 Å². The van der Waals surface area contributed by atoms with Gasteiger partial charge in [0.05, 0.1) is 14.2 Å². The normalized spacial score (nSPS) is 18.6. The van der Waals surface area contributed by atoms with Crippen molar-refractivity contribution in [1.29, 1.82) is 0 Å². The predicted molar refractivity (Wildman–Crippen MR) is 96.7 cm³/mol. The third-order valence-electron chi connectivity index (χ3n) is 4.60. The fraction of sp³-hybridized carbons (Fsp3) is 0.471. The average molecular weight is 359 g/mol. The van der Waals surface area contributed by atoms with E-state index in [-0.39, 0.29) is 0 Å². The van der Waals surface area contributed by atoms with E-state index in [9.17, 15) is 0 Å². The SMILES string of the molecule is COc1cc(OC)cc(-c2nn3c(C4CCCN(C)C4)nnc3s2)c1. The number of ether oxygens (including phenoxy) is 2. The summed E-state index contributed by atoms with van der Waals surface area (Å²) in [5.74, 6) is 2.83. The maximum Gasteiger partial charge on any atom is 0.234 e. The number of nitrogens with zero attached hydrogens (tertiary/aromatic N) is 5. The van der Waals surface area contributed by atoms with Crippen LogP contribution in [-0.4, -0.2) is 59.1 Å². The number of methoxy groups -OCH3 is 2. The molecule has 0 spiro atoms. The van der Waals surface area contributed by atoms with Crippen molar-refractivity contribution in [3.05, 3.63) is 24.0 Å². The van der Waals surface area contributed by atoms with Gasteiger partial charge >= 0.3 is 0 Å². The molecule has 1 aliphatic heterocycles. The zero-order valence-corrected chi connectivity index (χ0v) is 15.4. The van der Waals surface area contributed by atoms with Gasteiger partial charge in [0.25, 0.3) is 0 Å². The van der Waals surface area contributed by atoms with Crippen LogP contribution in [0.3, 0.4) is 0 Å². The molecule has 7 nitrogen and oxygen atoms in total. The molecule has 0 amide bonds. The highest BCUT2D eigenvalue weighted by Gasteiger charge is 2.25. The molecule has 1 aromatic carbocycles. The third kappa shape index (κ3) is 3.07. The van der Waals surface area contributed by atoms with Crippen molar-refractivity contribution >= 4 is 16.3 Å². The highest BCUT2D eigenvalue weighted by atomic mass is 32.1. The molecular formula is C17H21N5O2S. The predicted octanol–water partition coefficient (Wildman–Crippen LogP) is 2.68. The van der Waals surface area contributed by atoms with Crippen LogP contribution in [0.1, 0.15) is 24.6 Å². The molecule has 1 saturated heterocycles. The Bertz CT molecular complexity index is 868. The van der Waals surface area contributed by atoms with Gasteiger partial charge in [-0.1, -0.05) is 11.3 Å². The summed E-state index contributed by atoms with van der Waals surface area (Å²) < 4.78 is 12.6. The van der Waals surface area contributed by atoms with Crippen LogP contribution in [0.5, 0.6) is 11.5 Å². The molecule has 132 valence electrons. The molecule has 1 unspecified atom stereocenters. The van der Waals surface area contributed by atoms with Gasteiger partial charge in [0, 0.05) is 24.1 Å². The van der Waals surface area contributed by atoms with E-state index < -0.39 is 0 Å². The standard InChI is InChI=1S/C17H21N5O2S/c1-21-6-4-5-11(10-21)15-18-19-17-22(15)20-16(25-17)12-7-13(23-2)9-14(8-12)24-3/h7-9,11H,4-6,10H2,1-3H3. The molecule has 0 N–H and O–H groups in total. The van der Waals surface area contributed by atoms with Gasteiger partial charge in [0.1, 0.15) is 16.5 Å². The summed E-state index contributed by atoms with van der Waals surface area (Å²) in [5.41, 5.74) is 0.957. The number of likely N-dealkylation sites (tertiary alicyclic amines) is 1. The molecule has 8 heteroatoms. The summed E-state index contributed by atoms with van der Waals surface area (Å²) in [6.07, 6.45) is 2.31. The molecule has 3 heterocycles. The van der Waals surface area contributed by atoms with Crippen LogP contribution in [0.25, 0.3) is 15.5 Å². The minimum absolute atomic E-state index is 0.378. The number of rotatable bonds is 4. The summed E-state index contributed by atoms with van der Waals surface area (Å²) in [6, 6.07) is 5.78. The van der Waals surface area contributed by atoms with Gasteiger partial charge in [0.15, 0.2) is 5.82 Å². The van der Waals surface area contributed by atoms with E-state index in [0.29, 0.717) is 5.92 Å². The lowest BCUT2D eigenvalue weighted by molar-refractivity contribution is 0.244. The Hall–Kier alpha value is -2.19. The van der Waals surface area contributed by atoms with E-state index in [1.165, 1.54) is 17.8 Å². The van der Waals surface area contributed by atoms with Crippen LogP contribution in [0.15, 0.2) is 18.2 Å². The van der Waals surface area contributed by atoms with Gasteiger partial charge in [-0.15, -0.1) is 10.2 Å². The lowest BCUT2D eigenvalue weighted by Crippen LogP contribution is -2.31. The lowest BCUT2D eigenvalue weighted by Gasteiger charge is -2.28. The molecule has 1 atom stereocenters. The maximum absolute atomic E-state index is 5.36. The number of piperidine rings is 1. The molecule has 0 saturated carbocycles. The number of hydrogen-bond acceptors (Lipinski definition) is 7. The zero-order valence-electron chi connectivity index (χ0n) is 14.6. The van der Waals surface area contributed by atoms with Gasteiger partial charge in [-0.3, -0.25) is 0 Å². The van der Waals surface area contributed by atoms with E-state index in [1.54, 1.807) is 14.2 Å². The summed E-state index contributed by atoms with van der Waals surface area (Å²) in [7, 11) is 5.45. The van der Waals surface area contributed by atoms with Crippen molar-refractivity contribution in [1.82, 2.24) is 24.7 Å². The first-order valence-corrected chi connectivity index (χ1v) is 9.13. The van der Waals surface area contributed by atoms with Crippen LogP contribution < -0.4 is 9.47 Å². The Kier molecular flexibility index (Phi) is 4.30. The second-order valence-corrected chi connectivity index (χ2v) is 7.32. The monoisotopic (exact) mass is 359 g/mol. The van der Waals surface area contributed by atoms with Gasteiger partial charge < -0.3 is 14.4 Å². The van der Waals surface area contributed by atoms with E-state index in [2.05, 4.69) is 22.1 Å². The number of fused-ring (bicyclic) bond motifs is 1. The minimum atomic E-state index is 0.378. The molecule has 1 aliphatic rings. The molecule has 4 rings (SSSR count). The first-order chi connectivity index (χ1) is 12.2. The number of hydrogen-bond donors (Lipinski definition) is 0. The van der Waals surface area contributed by atoms with Crippen LogP contribution in [0.2, 0.25) is 0 Å². The number of aromatic nitrogens is 4. The smallest absolute Gasteiger partial charge is 0.234 e. The van der Waals surface area contributed by atoms with E-state index >= 15 is 0 Å². The van der Waals surface area contributed by atoms with E-state index in [1.807, 2.05) is 22.7 Å². The quantitative estimate of drug-likeness (QED) is 0.714. The summed E-state index contributed by atoms with van der Waals surface area (Å²) in [5, 5.41) is 14.4. The van der Waals surface area contributed by atoms with Crippen LogP contribution in [-0.2, 0) is 0 Å². The minimum Gasteiger partial charge on any atom is -0.497 e. The Labute approximate surface area is 150 Å². The highest BCUT2D eigenvalue weighted by molar-refractivity contribution is 7.19. The summed E-state index contributed by atoms with van der Waals surface area (Å²) in [4.78, 5) is 3.16. The molecular weight excluding hydrogens is 338 g/mol.